The number of para-hydroxylation sites is 1. The summed E-state index contributed by atoms with van der Waals surface area (Å²) in [6, 6.07) is 15.9. The molecule has 16 heavy (non-hydrogen) atoms. The minimum atomic E-state index is 0.807. The van der Waals surface area contributed by atoms with Crippen molar-refractivity contribution in [3.05, 3.63) is 59.7 Å². The van der Waals surface area contributed by atoms with Gasteiger partial charge in [0.15, 0.2) is 0 Å². The first-order valence-electron chi connectivity index (χ1n) is 5.18. The Balaban J connectivity index is 2.31. The third kappa shape index (κ3) is 2.45. The molecule has 0 spiro atoms. The van der Waals surface area contributed by atoms with E-state index in [2.05, 4.69) is 28.9 Å². The Morgan fingerprint density at radius 2 is 1.75 bits per heavy atom. The Hall–Kier alpha value is -1.28. The molecule has 0 saturated heterocycles. The molecule has 2 heteroatoms. The number of aryl methyl sites for hydroxylation is 1. The third-order valence-corrected chi connectivity index (χ3v) is 3.03. The summed E-state index contributed by atoms with van der Waals surface area (Å²) in [6.45, 7) is 2.09. The molecule has 82 valence electrons. The summed E-state index contributed by atoms with van der Waals surface area (Å²) in [4.78, 5) is 0. The van der Waals surface area contributed by atoms with E-state index in [1.807, 2.05) is 42.5 Å². The highest BCUT2D eigenvalue weighted by atomic mass is 79.9. The van der Waals surface area contributed by atoms with Crippen molar-refractivity contribution in [1.82, 2.24) is 0 Å². The van der Waals surface area contributed by atoms with Crippen molar-refractivity contribution in [2.45, 2.75) is 12.3 Å². The lowest BCUT2D eigenvalue weighted by atomic mass is 10.1. The van der Waals surface area contributed by atoms with Crippen LogP contribution >= 0.6 is 15.9 Å². The van der Waals surface area contributed by atoms with Crippen molar-refractivity contribution < 1.29 is 4.74 Å². The van der Waals surface area contributed by atoms with Gasteiger partial charge in [0.2, 0.25) is 0 Å². The number of ether oxygens (including phenoxy) is 1. The Kier molecular flexibility index (Phi) is 3.62. The van der Waals surface area contributed by atoms with Crippen LogP contribution in [0.1, 0.15) is 11.1 Å². The molecule has 0 N–H and O–H groups in total. The van der Waals surface area contributed by atoms with Crippen molar-refractivity contribution in [2.24, 2.45) is 0 Å². The van der Waals surface area contributed by atoms with Crippen LogP contribution in [-0.2, 0) is 5.33 Å². The SMILES string of the molecule is Cc1cccc(Oc2ccccc2)c1CBr. The third-order valence-electron chi connectivity index (χ3n) is 2.47. The number of rotatable bonds is 3. The lowest BCUT2D eigenvalue weighted by Crippen LogP contribution is -1.91. The maximum absolute atomic E-state index is 5.85. The largest absolute Gasteiger partial charge is 0.457 e. The number of halogens is 1. The van der Waals surface area contributed by atoms with Crippen molar-refractivity contribution in [1.29, 1.82) is 0 Å². The first kappa shape index (κ1) is 11.2. The van der Waals surface area contributed by atoms with Gasteiger partial charge in [-0.1, -0.05) is 46.3 Å². The molecule has 0 aliphatic carbocycles. The van der Waals surface area contributed by atoms with E-state index in [4.69, 9.17) is 4.74 Å². The van der Waals surface area contributed by atoms with Crippen LogP contribution < -0.4 is 4.74 Å². The molecule has 2 aromatic carbocycles. The fourth-order valence-electron chi connectivity index (χ4n) is 1.56. The molecule has 0 atom stereocenters. The molecule has 0 saturated carbocycles. The molecular formula is C14H13BrO. The van der Waals surface area contributed by atoms with Crippen molar-refractivity contribution in [2.75, 3.05) is 0 Å². The molecule has 2 rings (SSSR count). The molecule has 0 bridgehead atoms. The van der Waals surface area contributed by atoms with Gasteiger partial charge >= 0.3 is 0 Å². The van der Waals surface area contributed by atoms with E-state index < -0.39 is 0 Å². The van der Waals surface area contributed by atoms with E-state index in [9.17, 15) is 0 Å². The molecule has 2 aromatic rings. The predicted molar refractivity (Wildman–Crippen MR) is 70.3 cm³/mol. The molecule has 1 nitrogen and oxygen atoms in total. The fourth-order valence-corrected chi connectivity index (χ4v) is 2.28. The van der Waals surface area contributed by atoms with Crippen molar-refractivity contribution >= 4 is 15.9 Å². The quantitative estimate of drug-likeness (QED) is 0.740. The van der Waals surface area contributed by atoms with Crippen LogP contribution in [0.5, 0.6) is 11.5 Å². The molecule has 0 radical (unpaired) electrons. The van der Waals surface area contributed by atoms with Gasteiger partial charge in [-0.15, -0.1) is 0 Å². The van der Waals surface area contributed by atoms with E-state index in [1.54, 1.807) is 0 Å². The lowest BCUT2D eigenvalue weighted by Gasteiger charge is -2.11. The topological polar surface area (TPSA) is 9.23 Å². The maximum atomic E-state index is 5.85. The second kappa shape index (κ2) is 5.17. The van der Waals surface area contributed by atoms with Crippen LogP contribution in [-0.4, -0.2) is 0 Å². The molecule has 0 heterocycles. The van der Waals surface area contributed by atoms with Crippen LogP contribution in [0.2, 0.25) is 0 Å². The summed E-state index contributed by atoms with van der Waals surface area (Å²) < 4.78 is 5.85. The zero-order valence-electron chi connectivity index (χ0n) is 9.11. The summed E-state index contributed by atoms with van der Waals surface area (Å²) in [6.07, 6.45) is 0. The van der Waals surface area contributed by atoms with Gasteiger partial charge in [0.05, 0.1) is 0 Å². The summed E-state index contributed by atoms with van der Waals surface area (Å²) >= 11 is 3.49. The average molecular weight is 277 g/mol. The minimum Gasteiger partial charge on any atom is -0.457 e. The molecule has 0 aromatic heterocycles. The minimum absolute atomic E-state index is 0.807. The summed E-state index contributed by atoms with van der Waals surface area (Å²) in [5.41, 5.74) is 2.44. The lowest BCUT2D eigenvalue weighted by molar-refractivity contribution is 0.478. The first-order chi connectivity index (χ1) is 7.81. The van der Waals surface area contributed by atoms with Gasteiger partial charge in [0.1, 0.15) is 11.5 Å². The van der Waals surface area contributed by atoms with E-state index in [0.29, 0.717) is 0 Å². The molecule has 0 fully saturated rings. The second-order valence-corrected chi connectivity index (χ2v) is 4.16. The van der Waals surface area contributed by atoms with Crippen molar-refractivity contribution in [3.63, 3.8) is 0 Å². The number of hydrogen-bond acceptors (Lipinski definition) is 1. The smallest absolute Gasteiger partial charge is 0.131 e. The van der Waals surface area contributed by atoms with E-state index >= 15 is 0 Å². The highest BCUT2D eigenvalue weighted by Crippen LogP contribution is 2.28. The van der Waals surface area contributed by atoms with Crippen LogP contribution in [0.15, 0.2) is 48.5 Å². The van der Waals surface area contributed by atoms with Gasteiger partial charge in [-0.25, -0.2) is 0 Å². The zero-order chi connectivity index (χ0) is 11.4. The van der Waals surface area contributed by atoms with Gasteiger partial charge in [-0.05, 0) is 30.7 Å². The monoisotopic (exact) mass is 276 g/mol. The van der Waals surface area contributed by atoms with Gasteiger partial charge in [-0.3, -0.25) is 0 Å². The summed E-state index contributed by atoms with van der Waals surface area (Å²) in [5.74, 6) is 1.79. The highest BCUT2D eigenvalue weighted by Gasteiger charge is 2.05. The summed E-state index contributed by atoms with van der Waals surface area (Å²) in [5, 5.41) is 0.807. The van der Waals surface area contributed by atoms with Gasteiger partial charge in [0, 0.05) is 10.9 Å². The Bertz CT molecular complexity index is 465. The van der Waals surface area contributed by atoms with E-state index in [1.165, 1.54) is 11.1 Å². The first-order valence-corrected chi connectivity index (χ1v) is 6.31. The predicted octanol–water partition coefficient (Wildman–Crippen LogP) is 4.68. The highest BCUT2D eigenvalue weighted by molar-refractivity contribution is 9.08. The van der Waals surface area contributed by atoms with Crippen LogP contribution in [0.3, 0.4) is 0 Å². The standard InChI is InChI=1S/C14H13BrO/c1-11-6-5-9-14(13(11)10-15)16-12-7-3-2-4-8-12/h2-9H,10H2,1H3. The molecule has 0 aliphatic heterocycles. The number of alkyl halides is 1. The molecule has 0 amide bonds. The maximum Gasteiger partial charge on any atom is 0.131 e. The second-order valence-electron chi connectivity index (χ2n) is 3.60. The normalized spacial score (nSPS) is 10.1. The Morgan fingerprint density at radius 3 is 2.44 bits per heavy atom. The van der Waals surface area contributed by atoms with Gasteiger partial charge in [-0.2, -0.15) is 0 Å². The van der Waals surface area contributed by atoms with E-state index in [-0.39, 0.29) is 0 Å². The van der Waals surface area contributed by atoms with Crippen molar-refractivity contribution in [3.8, 4) is 11.5 Å². The fraction of sp³-hybridized carbons (Fsp3) is 0.143. The van der Waals surface area contributed by atoms with Crippen LogP contribution in [0.4, 0.5) is 0 Å². The summed E-state index contributed by atoms with van der Waals surface area (Å²) in [7, 11) is 0. The Labute approximate surface area is 104 Å². The van der Waals surface area contributed by atoms with Gasteiger partial charge < -0.3 is 4.74 Å². The number of benzene rings is 2. The van der Waals surface area contributed by atoms with Gasteiger partial charge in [0.25, 0.3) is 0 Å². The average Bonchev–Trinajstić information content (AvgIpc) is 2.31. The van der Waals surface area contributed by atoms with Crippen LogP contribution in [0.25, 0.3) is 0 Å². The van der Waals surface area contributed by atoms with Crippen LogP contribution in [0, 0.1) is 6.92 Å². The molecule has 0 unspecified atom stereocenters. The number of hydrogen-bond donors (Lipinski definition) is 0. The molecular weight excluding hydrogens is 264 g/mol. The van der Waals surface area contributed by atoms with E-state index in [0.717, 1.165) is 16.8 Å². The zero-order valence-corrected chi connectivity index (χ0v) is 10.7. The molecule has 0 aliphatic rings. The Morgan fingerprint density at radius 1 is 1.00 bits per heavy atom.